The molecule has 0 amide bonds. The number of aliphatic hydroxyl groups excluding tert-OH is 1. The van der Waals surface area contributed by atoms with Gasteiger partial charge in [-0.15, -0.1) is 0 Å². The fourth-order valence-corrected chi connectivity index (χ4v) is 2.13. The highest BCUT2D eigenvalue weighted by Crippen LogP contribution is 1.95. The summed E-state index contributed by atoms with van der Waals surface area (Å²) < 4.78 is 10.5. The first-order chi connectivity index (χ1) is 7.83. The number of ether oxygens (including phenoxy) is 2. The second-order valence-corrected chi connectivity index (χ2v) is 4.44. The Balaban J connectivity index is 1.95. The van der Waals surface area contributed by atoms with Crippen molar-refractivity contribution in [2.24, 2.45) is 0 Å². The summed E-state index contributed by atoms with van der Waals surface area (Å²) >= 11 is 0. The maximum absolute atomic E-state index is 9.77. The number of piperidine rings is 1. The number of nitrogens with one attached hydrogen (secondary N) is 1. The van der Waals surface area contributed by atoms with E-state index in [1.54, 1.807) is 0 Å². The van der Waals surface area contributed by atoms with Crippen molar-refractivity contribution in [3.63, 3.8) is 0 Å². The Hall–Kier alpha value is -0.160. The van der Waals surface area contributed by atoms with Crippen LogP contribution in [0.3, 0.4) is 0 Å². The van der Waals surface area contributed by atoms with Crippen LogP contribution >= 0.6 is 0 Å². The summed E-state index contributed by atoms with van der Waals surface area (Å²) in [7, 11) is 0. The highest BCUT2D eigenvalue weighted by Gasteiger charge is 2.17. The third kappa shape index (κ3) is 6.43. The zero-order valence-corrected chi connectivity index (χ0v) is 10.4. The highest BCUT2D eigenvalue weighted by atomic mass is 16.5. The van der Waals surface area contributed by atoms with Gasteiger partial charge in [0, 0.05) is 6.61 Å². The molecule has 1 fully saturated rings. The minimum atomic E-state index is -0.324. The number of hydrogen-bond acceptors (Lipinski definition) is 3. The molecule has 1 saturated heterocycles. The molecule has 1 aliphatic heterocycles. The lowest BCUT2D eigenvalue weighted by molar-refractivity contribution is -0.908. The minimum absolute atomic E-state index is 0.324. The summed E-state index contributed by atoms with van der Waals surface area (Å²) in [4.78, 5) is 1.52. The van der Waals surface area contributed by atoms with Crippen LogP contribution in [-0.4, -0.2) is 57.3 Å². The van der Waals surface area contributed by atoms with Gasteiger partial charge >= 0.3 is 0 Å². The second kappa shape index (κ2) is 8.93. The molecule has 0 unspecified atom stereocenters. The first kappa shape index (κ1) is 13.9. The molecule has 1 rings (SSSR count). The lowest BCUT2D eigenvalue weighted by Gasteiger charge is -2.25. The van der Waals surface area contributed by atoms with Gasteiger partial charge < -0.3 is 19.5 Å². The van der Waals surface area contributed by atoms with E-state index in [-0.39, 0.29) is 6.10 Å². The number of rotatable bonds is 8. The summed E-state index contributed by atoms with van der Waals surface area (Å²) in [6.45, 7) is 7.58. The van der Waals surface area contributed by atoms with Crippen molar-refractivity contribution in [2.75, 3.05) is 46.1 Å². The van der Waals surface area contributed by atoms with Gasteiger partial charge in [-0.1, -0.05) is 0 Å². The van der Waals surface area contributed by atoms with Crippen LogP contribution in [0.1, 0.15) is 26.2 Å². The fraction of sp³-hybridized carbons (Fsp3) is 1.00. The zero-order chi connectivity index (χ0) is 11.6. The van der Waals surface area contributed by atoms with Gasteiger partial charge in [-0.2, -0.15) is 0 Å². The normalized spacial score (nSPS) is 19.9. The van der Waals surface area contributed by atoms with Gasteiger partial charge in [0.2, 0.25) is 0 Å². The maximum atomic E-state index is 9.77. The lowest BCUT2D eigenvalue weighted by Crippen LogP contribution is -3.14. The third-order valence-electron chi connectivity index (χ3n) is 2.97. The van der Waals surface area contributed by atoms with Gasteiger partial charge in [-0.25, -0.2) is 0 Å². The molecule has 4 nitrogen and oxygen atoms in total. The molecule has 0 aromatic carbocycles. The first-order valence-electron chi connectivity index (χ1n) is 6.50. The minimum Gasteiger partial charge on any atom is -0.385 e. The molecule has 0 bridgehead atoms. The van der Waals surface area contributed by atoms with Gasteiger partial charge in [-0.05, 0) is 26.2 Å². The molecule has 0 spiro atoms. The fourth-order valence-electron chi connectivity index (χ4n) is 2.13. The molecular weight excluding hydrogens is 206 g/mol. The topological polar surface area (TPSA) is 43.1 Å². The standard InChI is InChI=1S/C12H25NO3/c1-2-15-8-9-16-11-12(14)10-13-6-4-3-5-7-13/h12,14H,2-11H2,1H3/p+1/t12-/m0/s1. The van der Waals surface area contributed by atoms with E-state index in [1.165, 1.54) is 37.3 Å². The Kier molecular flexibility index (Phi) is 7.76. The van der Waals surface area contributed by atoms with Crippen molar-refractivity contribution in [2.45, 2.75) is 32.3 Å². The molecule has 1 aliphatic rings. The SMILES string of the molecule is CCOCCOC[C@@H](O)C[NH+]1CCCCC1. The molecule has 1 heterocycles. The van der Waals surface area contributed by atoms with Crippen LogP contribution in [0, 0.1) is 0 Å². The smallest absolute Gasteiger partial charge is 0.126 e. The third-order valence-corrected chi connectivity index (χ3v) is 2.97. The molecule has 2 N–H and O–H groups in total. The second-order valence-electron chi connectivity index (χ2n) is 4.44. The predicted molar refractivity (Wildman–Crippen MR) is 62.7 cm³/mol. The van der Waals surface area contributed by atoms with E-state index in [9.17, 15) is 5.11 Å². The van der Waals surface area contributed by atoms with Crippen LogP contribution in [0.4, 0.5) is 0 Å². The Morgan fingerprint density at radius 2 is 1.81 bits per heavy atom. The summed E-state index contributed by atoms with van der Waals surface area (Å²) in [6.07, 6.45) is 3.63. The molecule has 0 radical (unpaired) electrons. The van der Waals surface area contributed by atoms with Crippen LogP contribution in [-0.2, 0) is 9.47 Å². The summed E-state index contributed by atoms with van der Waals surface area (Å²) in [5.74, 6) is 0. The molecule has 0 saturated carbocycles. The Morgan fingerprint density at radius 3 is 2.50 bits per heavy atom. The quantitative estimate of drug-likeness (QED) is 0.553. The van der Waals surface area contributed by atoms with E-state index < -0.39 is 0 Å². The van der Waals surface area contributed by atoms with Crippen LogP contribution in [0.25, 0.3) is 0 Å². The number of aliphatic hydroxyl groups is 1. The van der Waals surface area contributed by atoms with E-state index in [4.69, 9.17) is 9.47 Å². The monoisotopic (exact) mass is 232 g/mol. The maximum Gasteiger partial charge on any atom is 0.126 e. The van der Waals surface area contributed by atoms with Crippen LogP contribution in [0.2, 0.25) is 0 Å². The largest absolute Gasteiger partial charge is 0.385 e. The first-order valence-corrected chi connectivity index (χ1v) is 6.50. The summed E-state index contributed by atoms with van der Waals surface area (Å²) in [6, 6.07) is 0. The Morgan fingerprint density at radius 1 is 1.12 bits per heavy atom. The number of hydrogen-bond donors (Lipinski definition) is 2. The highest BCUT2D eigenvalue weighted by molar-refractivity contribution is 4.53. The molecule has 4 heteroatoms. The Bertz CT molecular complexity index is 160. The van der Waals surface area contributed by atoms with E-state index in [0.29, 0.717) is 19.8 Å². The predicted octanol–water partition coefficient (Wildman–Crippen LogP) is -0.531. The van der Waals surface area contributed by atoms with E-state index in [1.807, 2.05) is 6.92 Å². The lowest BCUT2D eigenvalue weighted by atomic mass is 10.1. The van der Waals surface area contributed by atoms with Crippen molar-refractivity contribution in [3.05, 3.63) is 0 Å². The van der Waals surface area contributed by atoms with Gasteiger partial charge in [0.25, 0.3) is 0 Å². The van der Waals surface area contributed by atoms with Crippen molar-refractivity contribution in [1.29, 1.82) is 0 Å². The van der Waals surface area contributed by atoms with Gasteiger partial charge in [0.1, 0.15) is 12.6 Å². The average Bonchev–Trinajstić information content (AvgIpc) is 2.30. The average molecular weight is 232 g/mol. The van der Waals surface area contributed by atoms with E-state index in [2.05, 4.69) is 0 Å². The summed E-state index contributed by atoms with van der Waals surface area (Å²) in [5, 5.41) is 9.77. The Labute approximate surface area is 98.5 Å². The zero-order valence-electron chi connectivity index (χ0n) is 10.4. The van der Waals surface area contributed by atoms with E-state index >= 15 is 0 Å². The van der Waals surface area contributed by atoms with Gasteiger partial charge in [0.05, 0.1) is 32.9 Å². The van der Waals surface area contributed by atoms with Crippen molar-refractivity contribution < 1.29 is 19.5 Å². The van der Waals surface area contributed by atoms with E-state index in [0.717, 1.165) is 13.2 Å². The molecule has 0 aliphatic carbocycles. The van der Waals surface area contributed by atoms with Crippen molar-refractivity contribution in [1.82, 2.24) is 0 Å². The molecule has 96 valence electrons. The van der Waals surface area contributed by atoms with Gasteiger partial charge in [0.15, 0.2) is 0 Å². The van der Waals surface area contributed by atoms with Crippen LogP contribution in [0.5, 0.6) is 0 Å². The van der Waals surface area contributed by atoms with Gasteiger partial charge in [-0.3, -0.25) is 0 Å². The molecule has 0 aromatic rings. The molecular formula is C12H26NO3+. The number of quaternary nitrogens is 1. The van der Waals surface area contributed by atoms with Crippen LogP contribution in [0.15, 0.2) is 0 Å². The summed E-state index contributed by atoms with van der Waals surface area (Å²) in [5.41, 5.74) is 0. The van der Waals surface area contributed by atoms with Crippen molar-refractivity contribution in [3.8, 4) is 0 Å². The van der Waals surface area contributed by atoms with Crippen molar-refractivity contribution >= 4 is 0 Å². The van der Waals surface area contributed by atoms with Crippen LogP contribution < -0.4 is 4.90 Å². The molecule has 16 heavy (non-hydrogen) atoms. The number of likely N-dealkylation sites (tertiary alicyclic amines) is 1. The molecule has 0 aromatic heterocycles. The molecule has 1 atom stereocenters.